The molecule has 5 nitrogen and oxygen atoms in total. The van der Waals surface area contributed by atoms with Crippen LogP contribution in [0.5, 0.6) is 0 Å². The summed E-state index contributed by atoms with van der Waals surface area (Å²) in [5, 5.41) is 20.2. The minimum absolute atomic E-state index is 0.0340. The first-order valence-electron chi connectivity index (χ1n) is 6.48. The second-order valence-corrected chi connectivity index (χ2v) is 8.20. The average molecular weight is 270 g/mol. The monoisotopic (exact) mass is 270 g/mol. The van der Waals surface area contributed by atoms with Crippen LogP contribution in [0.4, 0.5) is 0 Å². The second kappa shape index (κ2) is 3.69. The van der Waals surface area contributed by atoms with Gasteiger partial charge in [0.15, 0.2) is 9.84 Å². The highest BCUT2D eigenvalue weighted by Gasteiger charge is 2.60. The lowest BCUT2D eigenvalue weighted by molar-refractivity contribution is -0.0342. The van der Waals surface area contributed by atoms with Crippen LogP contribution in [0.15, 0.2) is 0 Å². The summed E-state index contributed by atoms with van der Waals surface area (Å²) in [7, 11) is -3.16. The third-order valence-electron chi connectivity index (χ3n) is 4.75. The minimum atomic E-state index is -3.16. The van der Waals surface area contributed by atoms with Gasteiger partial charge in [-0.25, -0.2) is 8.42 Å². The molecule has 2 atom stereocenters. The van der Waals surface area contributed by atoms with E-state index in [4.69, 9.17) is 0 Å². The van der Waals surface area contributed by atoms with Crippen LogP contribution in [0.2, 0.25) is 0 Å². The van der Waals surface area contributed by atoms with Gasteiger partial charge in [-0.3, -0.25) is 4.90 Å². The first-order valence-corrected chi connectivity index (χ1v) is 8.30. The summed E-state index contributed by atoms with van der Waals surface area (Å²) in [5.41, 5.74) is -2.23. The highest BCUT2D eigenvalue weighted by molar-refractivity contribution is 7.91. The molecule has 0 aromatic carbocycles. The van der Waals surface area contributed by atoms with Crippen LogP contribution >= 0.6 is 0 Å². The topological polar surface area (TPSA) is 81.4 Å². The lowest BCUT2D eigenvalue weighted by atomic mass is 9.72. The molecule has 3 rings (SSSR count). The Balaban J connectivity index is 1.86. The molecule has 2 unspecified atom stereocenters. The van der Waals surface area contributed by atoms with E-state index in [0.717, 1.165) is 19.4 Å². The van der Waals surface area contributed by atoms with Crippen molar-refractivity contribution < 1.29 is 13.5 Å². The van der Waals surface area contributed by atoms with Crippen molar-refractivity contribution in [1.82, 2.24) is 4.90 Å². The van der Waals surface area contributed by atoms with Crippen molar-refractivity contribution in [1.29, 1.82) is 5.26 Å². The molecule has 0 radical (unpaired) electrons. The van der Waals surface area contributed by atoms with Crippen LogP contribution in [0.1, 0.15) is 25.7 Å². The number of β-amino-alcohol motifs (C(OH)–C–C–N with tert-alkyl or cyclic N) is 1. The predicted molar refractivity (Wildman–Crippen MR) is 65.5 cm³/mol. The van der Waals surface area contributed by atoms with Crippen molar-refractivity contribution in [2.75, 3.05) is 24.6 Å². The summed E-state index contributed by atoms with van der Waals surface area (Å²) in [6.07, 6.45) is 3.12. The number of likely N-dealkylation sites (tertiary alicyclic amines) is 1. The smallest absolute Gasteiger partial charge is 0.152 e. The molecule has 18 heavy (non-hydrogen) atoms. The van der Waals surface area contributed by atoms with Crippen molar-refractivity contribution >= 4 is 9.84 Å². The van der Waals surface area contributed by atoms with Crippen molar-refractivity contribution in [2.45, 2.75) is 37.3 Å². The van der Waals surface area contributed by atoms with Crippen LogP contribution in [-0.4, -0.2) is 54.7 Å². The number of sulfone groups is 1. The number of nitrogens with zero attached hydrogens (tertiary/aromatic N) is 2. The average Bonchev–Trinajstić information content (AvgIpc) is 3.00. The van der Waals surface area contributed by atoms with Crippen molar-refractivity contribution in [3.63, 3.8) is 0 Å². The lowest BCUT2D eigenvalue weighted by Gasteiger charge is -2.36. The summed E-state index contributed by atoms with van der Waals surface area (Å²) in [6.45, 7) is 1.24. The van der Waals surface area contributed by atoms with Gasteiger partial charge in [-0.15, -0.1) is 0 Å². The van der Waals surface area contributed by atoms with Gasteiger partial charge in [0.05, 0.1) is 23.2 Å². The van der Waals surface area contributed by atoms with Crippen LogP contribution in [0, 0.1) is 16.7 Å². The van der Waals surface area contributed by atoms with Crippen LogP contribution in [0.25, 0.3) is 0 Å². The first kappa shape index (κ1) is 12.4. The molecule has 3 fully saturated rings. The van der Waals surface area contributed by atoms with Gasteiger partial charge in [-0.05, 0) is 25.7 Å². The standard InChI is InChI=1S/C12H18N2O3S/c13-7-11(4-6-18(16,17)9-11)12(15)3-5-14(8-12)10-1-2-10/h10,15H,1-6,8-9H2. The predicted octanol–water partition coefficient (Wildman–Crippen LogP) is -0.0859. The van der Waals surface area contributed by atoms with E-state index in [1.807, 2.05) is 0 Å². The van der Waals surface area contributed by atoms with Gasteiger partial charge in [-0.2, -0.15) is 5.26 Å². The molecule has 2 saturated heterocycles. The molecule has 0 aromatic heterocycles. The van der Waals surface area contributed by atoms with Gasteiger partial charge in [-0.1, -0.05) is 0 Å². The number of aliphatic hydroxyl groups is 1. The molecule has 1 aliphatic carbocycles. The summed E-state index contributed by atoms with van der Waals surface area (Å²) in [4.78, 5) is 2.21. The molecule has 0 bridgehead atoms. The Morgan fingerprint density at radius 3 is 2.56 bits per heavy atom. The maximum absolute atomic E-state index is 11.7. The molecule has 1 saturated carbocycles. The Morgan fingerprint density at radius 2 is 2.06 bits per heavy atom. The molecule has 0 aromatic rings. The Bertz CT molecular complexity index is 508. The lowest BCUT2D eigenvalue weighted by Crippen LogP contribution is -2.50. The van der Waals surface area contributed by atoms with E-state index in [2.05, 4.69) is 11.0 Å². The van der Waals surface area contributed by atoms with E-state index in [1.165, 1.54) is 0 Å². The van der Waals surface area contributed by atoms with Crippen molar-refractivity contribution in [2.24, 2.45) is 5.41 Å². The van der Waals surface area contributed by atoms with Gasteiger partial charge < -0.3 is 5.11 Å². The van der Waals surface area contributed by atoms with Crippen LogP contribution in [0.3, 0.4) is 0 Å². The fraction of sp³-hybridized carbons (Fsp3) is 0.917. The van der Waals surface area contributed by atoms with E-state index in [1.54, 1.807) is 0 Å². The molecule has 0 amide bonds. The molecule has 2 aliphatic heterocycles. The van der Waals surface area contributed by atoms with E-state index < -0.39 is 20.9 Å². The van der Waals surface area contributed by atoms with E-state index in [0.29, 0.717) is 19.0 Å². The van der Waals surface area contributed by atoms with Crippen LogP contribution < -0.4 is 0 Å². The summed E-state index contributed by atoms with van der Waals surface area (Å²) < 4.78 is 23.3. The third kappa shape index (κ3) is 1.77. The zero-order valence-electron chi connectivity index (χ0n) is 10.3. The fourth-order valence-corrected chi connectivity index (χ4v) is 5.41. The molecule has 3 aliphatic rings. The Kier molecular flexibility index (Phi) is 2.54. The second-order valence-electron chi connectivity index (χ2n) is 6.02. The van der Waals surface area contributed by atoms with Crippen molar-refractivity contribution in [3.8, 4) is 6.07 Å². The number of hydrogen-bond donors (Lipinski definition) is 1. The summed E-state index contributed by atoms with van der Waals surface area (Å²) >= 11 is 0. The maximum atomic E-state index is 11.7. The summed E-state index contributed by atoms with van der Waals surface area (Å²) in [6, 6.07) is 2.69. The quantitative estimate of drug-likeness (QED) is 0.758. The SMILES string of the molecule is N#CC1(C2(O)CCN(C3CC3)C2)CCS(=O)(=O)C1. The fourth-order valence-electron chi connectivity index (χ4n) is 3.37. The zero-order chi connectivity index (χ0) is 13.0. The van der Waals surface area contributed by atoms with Gasteiger partial charge >= 0.3 is 0 Å². The van der Waals surface area contributed by atoms with Gasteiger partial charge in [0.25, 0.3) is 0 Å². The molecule has 2 heterocycles. The normalized spacial score (nSPS) is 44.0. The van der Waals surface area contributed by atoms with Gasteiger partial charge in [0, 0.05) is 19.1 Å². The Labute approximate surface area is 107 Å². The number of nitriles is 1. The van der Waals surface area contributed by atoms with Gasteiger partial charge in [0.1, 0.15) is 5.41 Å². The highest BCUT2D eigenvalue weighted by Crippen LogP contribution is 2.47. The van der Waals surface area contributed by atoms with E-state index in [9.17, 15) is 18.8 Å². The summed E-state index contributed by atoms with van der Waals surface area (Å²) in [5.74, 6) is -0.141. The molecule has 6 heteroatoms. The van der Waals surface area contributed by atoms with E-state index >= 15 is 0 Å². The largest absolute Gasteiger partial charge is 0.387 e. The number of hydrogen-bond acceptors (Lipinski definition) is 5. The maximum Gasteiger partial charge on any atom is 0.152 e. The third-order valence-corrected chi connectivity index (χ3v) is 6.51. The minimum Gasteiger partial charge on any atom is -0.387 e. The molecule has 1 N–H and O–H groups in total. The molecule has 100 valence electrons. The number of rotatable bonds is 2. The highest BCUT2D eigenvalue weighted by atomic mass is 32.2. The van der Waals surface area contributed by atoms with Gasteiger partial charge in [0.2, 0.25) is 0 Å². The zero-order valence-corrected chi connectivity index (χ0v) is 11.1. The van der Waals surface area contributed by atoms with Crippen molar-refractivity contribution in [3.05, 3.63) is 0 Å². The molecular weight excluding hydrogens is 252 g/mol. The van der Waals surface area contributed by atoms with E-state index in [-0.39, 0.29) is 17.9 Å². The molecular formula is C12H18N2O3S. The molecule has 0 spiro atoms. The first-order chi connectivity index (χ1) is 8.40. The Morgan fingerprint density at radius 1 is 1.33 bits per heavy atom. The van der Waals surface area contributed by atoms with Crippen LogP contribution in [-0.2, 0) is 9.84 Å². The Hall–Kier alpha value is -0.640.